The van der Waals surface area contributed by atoms with Gasteiger partial charge in [-0.2, -0.15) is 0 Å². The molecule has 0 heterocycles. The predicted molar refractivity (Wildman–Crippen MR) is 67.2 cm³/mol. The monoisotopic (exact) mass is 253 g/mol. The van der Waals surface area contributed by atoms with Crippen LogP contribution in [0.2, 0.25) is 0 Å². The van der Waals surface area contributed by atoms with Gasteiger partial charge < -0.3 is 10.1 Å². The fourth-order valence-corrected chi connectivity index (χ4v) is 1.63. The maximum atomic E-state index is 11.6. The maximum Gasteiger partial charge on any atom is 0.307 e. The molecule has 1 aromatic rings. The molecular formula is C12H15NO3S. The van der Waals surface area contributed by atoms with Gasteiger partial charge in [-0.05, 0) is 30.5 Å². The van der Waals surface area contributed by atoms with Crippen molar-refractivity contribution in [1.29, 1.82) is 0 Å². The number of carbonyl (C=O) groups excluding carboxylic acids is 2. The lowest BCUT2D eigenvalue weighted by Crippen LogP contribution is -2.26. The van der Waals surface area contributed by atoms with Crippen molar-refractivity contribution >= 4 is 23.6 Å². The van der Waals surface area contributed by atoms with Crippen LogP contribution < -0.4 is 5.32 Å². The molecule has 0 saturated carbocycles. The summed E-state index contributed by atoms with van der Waals surface area (Å²) in [6.45, 7) is 0.287. The Bertz CT molecular complexity index is 389. The summed E-state index contributed by atoms with van der Waals surface area (Å²) in [5.74, 6) is -0.510. The van der Waals surface area contributed by atoms with E-state index in [-0.39, 0.29) is 24.8 Å². The van der Waals surface area contributed by atoms with Gasteiger partial charge in [-0.1, -0.05) is 0 Å². The Morgan fingerprint density at radius 2 is 1.94 bits per heavy atom. The molecule has 0 unspecified atom stereocenters. The quantitative estimate of drug-likeness (QED) is 0.641. The summed E-state index contributed by atoms with van der Waals surface area (Å²) in [5, 5.41) is 2.66. The normalized spacial score (nSPS) is 9.76. The van der Waals surface area contributed by atoms with E-state index >= 15 is 0 Å². The van der Waals surface area contributed by atoms with Gasteiger partial charge in [-0.25, -0.2) is 0 Å². The highest BCUT2D eigenvalue weighted by atomic mass is 32.2. The molecule has 0 atom stereocenters. The average Bonchev–Trinajstić information content (AvgIpc) is 2.38. The van der Waals surface area contributed by atoms with Crippen LogP contribution in [-0.4, -0.2) is 31.8 Å². The zero-order valence-electron chi connectivity index (χ0n) is 9.86. The van der Waals surface area contributed by atoms with Crippen LogP contribution in [0.25, 0.3) is 0 Å². The van der Waals surface area contributed by atoms with E-state index in [0.717, 1.165) is 4.90 Å². The van der Waals surface area contributed by atoms with E-state index in [9.17, 15) is 9.59 Å². The number of ether oxygens (including phenoxy) is 1. The van der Waals surface area contributed by atoms with Crippen LogP contribution in [0.5, 0.6) is 0 Å². The second kappa shape index (κ2) is 6.96. The molecule has 1 N–H and O–H groups in total. The lowest BCUT2D eigenvalue weighted by atomic mass is 10.2. The van der Waals surface area contributed by atoms with Crippen molar-refractivity contribution in [3.63, 3.8) is 0 Å². The summed E-state index contributed by atoms with van der Waals surface area (Å²) in [6.07, 6.45) is 2.16. The van der Waals surface area contributed by atoms with E-state index in [4.69, 9.17) is 0 Å². The number of nitrogens with one attached hydrogen (secondary N) is 1. The van der Waals surface area contributed by atoms with E-state index < -0.39 is 0 Å². The molecule has 1 amide bonds. The van der Waals surface area contributed by atoms with E-state index in [1.807, 2.05) is 18.4 Å². The van der Waals surface area contributed by atoms with Gasteiger partial charge in [0.25, 0.3) is 5.91 Å². The van der Waals surface area contributed by atoms with Gasteiger partial charge >= 0.3 is 5.97 Å². The van der Waals surface area contributed by atoms with Gasteiger partial charge in [0.1, 0.15) is 0 Å². The Labute approximate surface area is 105 Å². The lowest BCUT2D eigenvalue weighted by molar-refractivity contribution is -0.140. The zero-order chi connectivity index (χ0) is 12.7. The molecule has 0 radical (unpaired) electrons. The van der Waals surface area contributed by atoms with E-state index in [0.29, 0.717) is 5.56 Å². The Hall–Kier alpha value is -1.49. The third-order valence-electron chi connectivity index (χ3n) is 2.19. The van der Waals surface area contributed by atoms with Crippen molar-refractivity contribution in [2.24, 2.45) is 0 Å². The van der Waals surface area contributed by atoms with Crippen molar-refractivity contribution in [2.45, 2.75) is 11.3 Å². The number of rotatable bonds is 5. The first-order valence-corrected chi connectivity index (χ1v) is 6.39. The Balaban J connectivity index is 2.44. The molecule has 0 spiro atoms. The number of thioether (sulfide) groups is 1. The molecule has 0 aliphatic heterocycles. The molecule has 0 saturated heterocycles. The van der Waals surface area contributed by atoms with Gasteiger partial charge in [-0.3, -0.25) is 9.59 Å². The molecule has 92 valence electrons. The molecule has 1 aromatic carbocycles. The highest BCUT2D eigenvalue weighted by molar-refractivity contribution is 7.98. The average molecular weight is 253 g/mol. The van der Waals surface area contributed by atoms with E-state index in [1.165, 1.54) is 7.11 Å². The highest BCUT2D eigenvalue weighted by Crippen LogP contribution is 2.14. The summed E-state index contributed by atoms with van der Waals surface area (Å²) in [5.41, 5.74) is 0.590. The standard InChI is InChI=1S/C12H15NO3S/c1-16-11(14)7-8-13-12(15)9-3-5-10(17-2)6-4-9/h3-6H,7-8H2,1-2H3,(H,13,15). The number of hydrogen-bond donors (Lipinski definition) is 1. The highest BCUT2D eigenvalue weighted by Gasteiger charge is 2.06. The molecular weight excluding hydrogens is 238 g/mol. The Kier molecular flexibility index (Phi) is 5.56. The summed E-state index contributed by atoms with van der Waals surface area (Å²) in [4.78, 5) is 23.6. The summed E-state index contributed by atoms with van der Waals surface area (Å²) >= 11 is 1.62. The van der Waals surface area contributed by atoms with Gasteiger partial charge in [0.2, 0.25) is 0 Å². The first kappa shape index (κ1) is 13.6. The minimum Gasteiger partial charge on any atom is -0.469 e. The summed E-state index contributed by atoms with van der Waals surface area (Å²) in [6, 6.07) is 7.30. The molecule has 0 aromatic heterocycles. The SMILES string of the molecule is COC(=O)CCNC(=O)c1ccc(SC)cc1. The largest absolute Gasteiger partial charge is 0.469 e. The Morgan fingerprint density at radius 1 is 1.29 bits per heavy atom. The topological polar surface area (TPSA) is 55.4 Å². The molecule has 17 heavy (non-hydrogen) atoms. The van der Waals surface area contributed by atoms with E-state index in [1.54, 1.807) is 23.9 Å². The fraction of sp³-hybridized carbons (Fsp3) is 0.333. The zero-order valence-corrected chi connectivity index (χ0v) is 10.7. The van der Waals surface area contributed by atoms with Crippen molar-refractivity contribution in [1.82, 2.24) is 5.32 Å². The number of esters is 1. The van der Waals surface area contributed by atoms with Crippen LogP contribution in [0.4, 0.5) is 0 Å². The first-order valence-electron chi connectivity index (χ1n) is 5.16. The molecule has 1 rings (SSSR count). The van der Waals surface area contributed by atoms with Gasteiger partial charge in [0.15, 0.2) is 0 Å². The van der Waals surface area contributed by atoms with Crippen LogP contribution in [0, 0.1) is 0 Å². The second-order valence-corrected chi connectivity index (χ2v) is 4.19. The van der Waals surface area contributed by atoms with Crippen LogP contribution >= 0.6 is 11.8 Å². The minimum absolute atomic E-state index is 0.179. The first-order chi connectivity index (χ1) is 8.17. The molecule has 0 aliphatic carbocycles. The Morgan fingerprint density at radius 3 is 2.47 bits per heavy atom. The molecule has 5 heteroatoms. The van der Waals surface area contributed by atoms with E-state index in [2.05, 4.69) is 10.1 Å². The fourth-order valence-electron chi connectivity index (χ4n) is 1.22. The van der Waals surface area contributed by atoms with Crippen molar-refractivity contribution in [2.75, 3.05) is 19.9 Å². The third kappa shape index (κ3) is 4.48. The van der Waals surface area contributed by atoms with Crippen LogP contribution in [0.1, 0.15) is 16.8 Å². The van der Waals surface area contributed by atoms with Gasteiger partial charge in [-0.15, -0.1) is 11.8 Å². The smallest absolute Gasteiger partial charge is 0.307 e. The van der Waals surface area contributed by atoms with Gasteiger partial charge in [0, 0.05) is 17.0 Å². The predicted octanol–water partition coefficient (Wildman–Crippen LogP) is 1.70. The molecule has 0 aliphatic rings. The minimum atomic E-state index is -0.331. The molecule has 0 fully saturated rings. The van der Waals surface area contributed by atoms with Crippen molar-refractivity contribution < 1.29 is 14.3 Å². The molecule has 0 bridgehead atoms. The van der Waals surface area contributed by atoms with Crippen LogP contribution in [-0.2, 0) is 9.53 Å². The maximum absolute atomic E-state index is 11.6. The van der Waals surface area contributed by atoms with Crippen molar-refractivity contribution in [3.8, 4) is 0 Å². The van der Waals surface area contributed by atoms with Gasteiger partial charge in [0.05, 0.1) is 13.5 Å². The third-order valence-corrected chi connectivity index (χ3v) is 2.94. The second-order valence-electron chi connectivity index (χ2n) is 3.31. The number of amides is 1. The van der Waals surface area contributed by atoms with Crippen LogP contribution in [0.15, 0.2) is 29.2 Å². The number of hydrogen-bond acceptors (Lipinski definition) is 4. The summed E-state index contributed by atoms with van der Waals surface area (Å²) in [7, 11) is 1.32. The number of carbonyl (C=O) groups is 2. The number of benzene rings is 1. The molecule has 4 nitrogen and oxygen atoms in total. The van der Waals surface area contributed by atoms with Crippen LogP contribution in [0.3, 0.4) is 0 Å². The van der Waals surface area contributed by atoms with Crippen molar-refractivity contribution in [3.05, 3.63) is 29.8 Å². The summed E-state index contributed by atoms with van der Waals surface area (Å²) < 4.78 is 4.48. The lowest BCUT2D eigenvalue weighted by Gasteiger charge is -2.04. The number of methoxy groups -OCH3 is 1.